The van der Waals surface area contributed by atoms with Gasteiger partial charge in [-0.3, -0.25) is 9.59 Å². The van der Waals surface area contributed by atoms with Crippen LogP contribution in [-0.4, -0.2) is 47.9 Å². The van der Waals surface area contributed by atoms with Gasteiger partial charge in [-0.15, -0.1) is 0 Å². The molecule has 1 saturated carbocycles. The van der Waals surface area contributed by atoms with E-state index < -0.39 is 0 Å². The normalized spacial score (nSPS) is 29.2. The Hall–Kier alpha value is -1.88. The van der Waals surface area contributed by atoms with Crippen LogP contribution in [0, 0.1) is 5.92 Å². The molecule has 3 unspecified atom stereocenters. The number of hydrogen-bond acceptors (Lipinski definition) is 3. The molecule has 3 aliphatic rings. The number of fused-ring (bicyclic) bond motifs is 1. The largest absolute Gasteiger partial charge is 0.349 e. The number of carbonyl (C=O) groups is 2. The number of benzene rings is 1. The molecule has 2 amide bonds. The maximum Gasteiger partial charge on any atom is 0.251 e. The number of carbonyl (C=O) groups excluding carboxylic acids is 2. The predicted molar refractivity (Wildman–Crippen MR) is 101 cm³/mol. The molecule has 0 spiro atoms. The number of nitrogens with zero attached hydrogens (tertiary/aromatic N) is 1. The minimum absolute atomic E-state index is 0.0126. The van der Waals surface area contributed by atoms with Crippen LogP contribution in [-0.2, 0) is 4.79 Å². The van der Waals surface area contributed by atoms with Crippen LogP contribution in [0.1, 0.15) is 55.3 Å². The predicted octanol–water partition coefficient (Wildman–Crippen LogP) is 2.33. The van der Waals surface area contributed by atoms with Crippen molar-refractivity contribution in [2.24, 2.45) is 5.92 Å². The lowest BCUT2D eigenvalue weighted by molar-refractivity contribution is -0.134. The molecule has 0 aromatic heterocycles. The summed E-state index contributed by atoms with van der Waals surface area (Å²) in [6.45, 7) is 1.48. The van der Waals surface area contributed by atoms with E-state index >= 15 is 0 Å². The van der Waals surface area contributed by atoms with Crippen LogP contribution in [0.3, 0.4) is 0 Å². The highest BCUT2D eigenvalue weighted by Gasteiger charge is 2.40. The van der Waals surface area contributed by atoms with Crippen LogP contribution in [0.25, 0.3) is 0 Å². The topological polar surface area (TPSA) is 61.4 Å². The fourth-order valence-corrected chi connectivity index (χ4v) is 4.83. The Morgan fingerprint density at radius 2 is 1.73 bits per heavy atom. The zero-order valence-electron chi connectivity index (χ0n) is 15.3. The number of amides is 2. The molecule has 2 aliphatic heterocycles. The standard InChI is InChI=1S/C21H29N3O2/c25-20(15-6-2-1-3-7-15)22-17-10-12-24(13-11-17)21(26)19-14-16-8-4-5-9-18(16)23-19/h1-3,6-7,16-19,23H,4-5,8-14H2,(H,22,25). The van der Waals surface area contributed by atoms with Crippen molar-refractivity contribution in [1.29, 1.82) is 0 Å². The molecule has 2 heterocycles. The minimum Gasteiger partial charge on any atom is -0.349 e. The Labute approximate surface area is 155 Å². The molecule has 3 atom stereocenters. The zero-order valence-corrected chi connectivity index (χ0v) is 15.3. The van der Waals surface area contributed by atoms with Gasteiger partial charge in [0.25, 0.3) is 5.91 Å². The summed E-state index contributed by atoms with van der Waals surface area (Å²) in [5, 5.41) is 6.71. The van der Waals surface area contributed by atoms with Gasteiger partial charge in [0.05, 0.1) is 6.04 Å². The molecule has 3 fully saturated rings. The summed E-state index contributed by atoms with van der Waals surface area (Å²) >= 11 is 0. The number of nitrogens with one attached hydrogen (secondary N) is 2. The maximum atomic E-state index is 12.9. The molecule has 0 bridgehead atoms. The van der Waals surface area contributed by atoms with E-state index in [1.807, 2.05) is 35.2 Å². The molecule has 140 valence electrons. The van der Waals surface area contributed by atoms with Gasteiger partial charge in [-0.25, -0.2) is 0 Å². The fraction of sp³-hybridized carbons (Fsp3) is 0.619. The Bertz CT molecular complexity index is 626. The maximum absolute atomic E-state index is 12.9. The monoisotopic (exact) mass is 355 g/mol. The molecule has 2 N–H and O–H groups in total. The molecule has 2 saturated heterocycles. The van der Waals surface area contributed by atoms with Gasteiger partial charge >= 0.3 is 0 Å². The summed E-state index contributed by atoms with van der Waals surface area (Å²) in [5.74, 6) is 0.949. The van der Waals surface area contributed by atoms with Gasteiger partial charge < -0.3 is 15.5 Å². The second-order valence-corrected chi connectivity index (χ2v) is 8.05. The quantitative estimate of drug-likeness (QED) is 0.875. The minimum atomic E-state index is -0.0167. The summed E-state index contributed by atoms with van der Waals surface area (Å²) in [6, 6.07) is 10.1. The van der Waals surface area contributed by atoms with Crippen molar-refractivity contribution in [1.82, 2.24) is 15.5 Å². The first-order chi connectivity index (χ1) is 12.7. The number of likely N-dealkylation sites (tertiary alicyclic amines) is 1. The van der Waals surface area contributed by atoms with Crippen molar-refractivity contribution in [2.75, 3.05) is 13.1 Å². The smallest absolute Gasteiger partial charge is 0.251 e. The Morgan fingerprint density at radius 1 is 1.00 bits per heavy atom. The van der Waals surface area contributed by atoms with Crippen LogP contribution in [0.15, 0.2) is 30.3 Å². The van der Waals surface area contributed by atoms with E-state index in [1.165, 1.54) is 25.7 Å². The van der Waals surface area contributed by atoms with Gasteiger partial charge in [0.15, 0.2) is 0 Å². The van der Waals surface area contributed by atoms with Crippen molar-refractivity contribution in [2.45, 2.75) is 63.1 Å². The molecule has 5 nitrogen and oxygen atoms in total. The number of hydrogen-bond donors (Lipinski definition) is 2. The molecule has 0 radical (unpaired) electrons. The number of piperidine rings is 1. The van der Waals surface area contributed by atoms with Gasteiger partial charge in [-0.1, -0.05) is 31.0 Å². The highest BCUT2D eigenvalue weighted by atomic mass is 16.2. The second kappa shape index (κ2) is 7.78. The Balaban J connectivity index is 1.26. The van der Waals surface area contributed by atoms with E-state index in [0.29, 0.717) is 17.5 Å². The first-order valence-corrected chi connectivity index (χ1v) is 10.1. The van der Waals surface area contributed by atoms with E-state index in [-0.39, 0.29) is 23.9 Å². The molecule has 1 aromatic carbocycles. The second-order valence-electron chi connectivity index (χ2n) is 8.05. The highest BCUT2D eigenvalue weighted by molar-refractivity contribution is 5.94. The first-order valence-electron chi connectivity index (χ1n) is 10.1. The average Bonchev–Trinajstić information content (AvgIpc) is 3.13. The lowest BCUT2D eigenvalue weighted by atomic mass is 9.85. The summed E-state index contributed by atoms with van der Waals surface area (Å²) in [6.07, 6.45) is 7.79. The first kappa shape index (κ1) is 17.5. The van der Waals surface area contributed by atoms with Crippen molar-refractivity contribution < 1.29 is 9.59 Å². The average molecular weight is 355 g/mol. The zero-order chi connectivity index (χ0) is 17.9. The molecule has 5 heteroatoms. The molecule has 1 aliphatic carbocycles. The van der Waals surface area contributed by atoms with E-state index in [1.54, 1.807) is 0 Å². The molecule has 1 aromatic rings. The SMILES string of the molecule is O=C(NC1CCN(C(=O)C2CC3CCCCC3N2)CC1)c1ccccc1. The van der Waals surface area contributed by atoms with Gasteiger partial charge in [0, 0.05) is 30.7 Å². The lowest BCUT2D eigenvalue weighted by Gasteiger charge is -2.34. The third-order valence-corrected chi connectivity index (χ3v) is 6.34. The summed E-state index contributed by atoms with van der Waals surface area (Å²) in [5.41, 5.74) is 0.698. The highest BCUT2D eigenvalue weighted by Crippen LogP contribution is 2.33. The van der Waals surface area contributed by atoms with Crippen LogP contribution >= 0.6 is 0 Å². The van der Waals surface area contributed by atoms with Crippen LogP contribution < -0.4 is 10.6 Å². The van der Waals surface area contributed by atoms with Crippen molar-refractivity contribution in [3.63, 3.8) is 0 Å². The molecule has 26 heavy (non-hydrogen) atoms. The summed E-state index contributed by atoms with van der Waals surface area (Å²) in [4.78, 5) is 27.2. The Morgan fingerprint density at radius 3 is 2.46 bits per heavy atom. The third-order valence-electron chi connectivity index (χ3n) is 6.34. The Kier molecular flexibility index (Phi) is 5.25. The van der Waals surface area contributed by atoms with E-state index in [4.69, 9.17) is 0 Å². The fourth-order valence-electron chi connectivity index (χ4n) is 4.83. The van der Waals surface area contributed by atoms with Crippen molar-refractivity contribution in [3.05, 3.63) is 35.9 Å². The third kappa shape index (κ3) is 3.78. The summed E-state index contributed by atoms with van der Waals surface area (Å²) in [7, 11) is 0. The molecular formula is C21H29N3O2. The van der Waals surface area contributed by atoms with Gasteiger partial charge in [0.1, 0.15) is 0 Å². The van der Waals surface area contributed by atoms with Gasteiger partial charge in [-0.2, -0.15) is 0 Å². The molecule has 4 rings (SSSR count). The number of rotatable bonds is 3. The lowest BCUT2D eigenvalue weighted by Crippen LogP contribution is -2.51. The van der Waals surface area contributed by atoms with Gasteiger partial charge in [-0.05, 0) is 50.2 Å². The molecular weight excluding hydrogens is 326 g/mol. The van der Waals surface area contributed by atoms with E-state index in [9.17, 15) is 9.59 Å². The van der Waals surface area contributed by atoms with E-state index in [2.05, 4.69) is 10.6 Å². The van der Waals surface area contributed by atoms with Crippen LogP contribution in [0.5, 0.6) is 0 Å². The van der Waals surface area contributed by atoms with E-state index in [0.717, 1.165) is 32.4 Å². The van der Waals surface area contributed by atoms with Gasteiger partial charge in [0.2, 0.25) is 5.91 Å². The van der Waals surface area contributed by atoms with Crippen molar-refractivity contribution >= 4 is 11.8 Å². The van der Waals surface area contributed by atoms with Crippen LogP contribution in [0.2, 0.25) is 0 Å². The summed E-state index contributed by atoms with van der Waals surface area (Å²) < 4.78 is 0. The van der Waals surface area contributed by atoms with Crippen molar-refractivity contribution in [3.8, 4) is 0 Å². The van der Waals surface area contributed by atoms with Crippen LogP contribution in [0.4, 0.5) is 0 Å².